The zero-order valence-corrected chi connectivity index (χ0v) is 12.7. The summed E-state index contributed by atoms with van der Waals surface area (Å²) in [5.74, 6) is 1.50. The van der Waals surface area contributed by atoms with Crippen LogP contribution in [-0.2, 0) is 0 Å². The topological polar surface area (TPSA) is 49.8 Å². The first-order valence-electron chi connectivity index (χ1n) is 6.92. The summed E-state index contributed by atoms with van der Waals surface area (Å²) in [5.41, 5.74) is 0.963. The highest BCUT2D eigenvalue weighted by Crippen LogP contribution is 2.25. The lowest BCUT2D eigenvalue weighted by Gasteiger charge is -2.13. The average Bonchev–Trinajstić information content (AvgIpc) is 2.95. The zero-order valence-electron chi connectivity index (χ0n) is 11.1. The highest BCUT2D eigenvalue weighted by Gasteiger charge is 2.15. The van der Waals surface area contributed by atoms with Crippen molar-refractivity contribution in [3.8, 4) is 0 Å². The van der Waals surface area contributed by atoms with Crippen LogP contribution in [0, 0.1) is 0 Å². The van der Waals surface area contributed by atoms with Gasteiger partial charge in [-0.15, -0.1) is 0 Å². The van der Waals surface area contributed by atoms with Gasteiger partial charge in [0.2, 0.25) is 5.95 Å². The Bertz CT molecular complexity index is 582. The van der Waals surface area contributed by atoms with Crippen molar-refractivity contribution in [2.75, 3.05) is 10.6 Å². The van der Waals surface area contributed by atoms with Gasteiger partial charge in [-0.05, 0) is 47.0 Å². The summed E-state index contributed by atoms with van der Waals surface area (Å²) < 4.78 is 0.998. The Morgan fingerprint density at radius 1 is 1.10 bits per heavy atom. The number of rotatable bonds is 4. The number of benzene rings is 1. The van der Waals surface area contributed by atoms with E-state index in [4.69, 9.17) is 0 Å². The number of halogens is 1. The molecule has 2 N–H and O–H groups in total. The first-order valence-corrected chi connectivity index (χ1v) is 7.72. The van der Waals surface area contributed by atoms with Crippen LogP contribution in [0.4, 0.5) is 17.5 Å². The van der Waals surface area contributed by atoms with E-state index < -0.39 is 0 Å². The van der Waals surface area contributed by atoms with Crippen LogP contribution in [0.2, 0.25) is 0 Å². The summed E-state index contributed by atoms with van der Waals surface area (Å²) in [6, 6.07) is 10.4. The number of hydrogen-bond acceptors (Lipinski definition) is 4. The maximum atomic E-state index is 4.52. The van der Waals surface area contributed by atoms with Crippen LogP contribution >= 0.6 is 15.9 Å². The van der Waals surface area contributed by atoms with E-state index in [1.54, 1.807) is 6.20 Å². The summed E-state index contributed by atoms with van der Waals surface area (Å²) in [7, 11) is 0. The van der Waals surface area contributed by atoms with E-state index in [9.17, 15) is 0 Å². The molecular formula is C15H17BrN4. The molecule has 1 fully saturated rings. The zero-order chi connectivity index (χ0) is 13.8. The Morgan fingerprint density at radius 2 is 1.90 bits per heavy atom. The standard InChI is InChI=1S/C15H17BrN4/c16-12-7-3-4-8-13(12)19-15-17-10-9-14(20-15)18-11-5-1-2-6-11/h3-4,7-11H,1-2,5-6H2,(H2,17,18,19,20). The van der Waals surface area contributed by atoms with Crippen molar-refractivity contribution >= 4 is 33.4 Å². The normalized spacial score (nSPS) is 15.2. The molecule has 0 unspecified atom stereocenters. The predicted octanol–water partition coefficient (Wildman–Crippen LogP) is 4.34. The second-order valence-corrected chi connectivity index (χ2v) is 5.85. The SMILES string of the molecule is Brc1ccccc1Nc1nccc(NC2CCCC2)n1. The Balaban J connectivity index is 1.72. The van der Waals surface area contributed by atoms with Gasteiger partial charge in [0.15, 0.2) is 0 Å². The summed E-state index contributed by atoms with van der Waals surface area (Å²) in [4.78, 5) is 8.79. The monoisotopic (exact) mass is 332 g/mol. The molecule has 20 heavy (non-hydrogen) atoms. The van der Waals surface area contributed by atoms with Crippen molar-refractivity contribution in [2.45, 2.75) is 31.7 Å². The fourth-order valence-corrected chi connectivity index (χ4v) is 2.85. The van der Waals surface area contributed by atoms with Crippen LogP contribution in [0.5, 0.6) is 0 Å². The van der Waals surface area contributed by atoms with Crippen LogP contribution in [0.15, 0.2) is 41.0 Å². The first-order chi connectivity index (χ1) is 9.81. The van der Waals surface area contributed by atoms with Gasteiger partial charge >= 0.3 is 0 Å². The second kappa shape index (κ2) is 6.22. The fraction of sp³-hybridized carbons (Fsp3) is 0.333. The van der Waals surface area contributed by atoms with Crippen molar-refractivity contribution in [3.63, 3.8) is 0 Å². The van der Waals surface area contributed by atoms with Crippen LogP contribution in [0.1, 0.15) is 25.7 Å². The third-order valence-corrected chi connectivity index (χ3v) is 4.17. The first kappa shape index (κ1) is 13.4. The molecule has 104 valence electrons. The van der Waals surface area contributed by atoms with Crippen molar-refractivity contribution in [3.05, 3.63) is 41.0 Å². The maximum absolute atomic E-state index is 4.52. The van der Waals surface area contributed by atoms with Crippen LogP contribution in [-0.4, -0.2) is 16.0 Å². The third kappa shape index (κ3) is 3.28. The molecule has 1 aromatic carbocycles. The van der Waals surface area contributed by atoms with Crippen molar-refractivity contribution in [1.82, 2.24) is 9.97 Å². The van der Waals surface area contributed by atoms with Gasteiger partial charge in [-0.1, -0.05) is 25.0 Å². The van der Waals surface area contributed by atoms with Crippen LogP contribution in [0.25, 0.3) is 0 Å². The molecule has 1 aliphatic carbocycles. The minimum Gasteiger partial charge on any atom is -0.367 e. The minimum atomic E-state index is 0.557. The molecule has 0 aliphatic heterocycles. The number of hydrogen-bond donors (Lipinski definition) is 2. The van der Waals surface area contributed by atoms with Gasteiger partial charge in [-0.25, -0.2) is 4.98 Å². The third-order valence-electron chi connectivity index (χ3n) is 3.48. The predicted molar refractivity (Wildman–Crippen MR) is 85.3 cm³/mol. The molecule has 1 heterocycles. The van der Waals surface area contributed by atoms with Gasteiger partial charge < -0.3 is 10.6 Å². The number of nitrogens with one attached hydrogen (secondary N) is 2. The lowest BCUT2D eigenvalue weighted by Crippen LogP contribution is -2.15. The second-order valence-electron chi connectivity index (χ2n) is 5.00. The molecule has 0 spiro atoms. The van der Waals surface area contributed by atoms with Gasteiger partial charge in [0, 0.05) is 16.7 Å². The molecule has 0 radical (unpaired) electrons. The Labute approximate surface area is 127 Å². The molecule has 1 aromatic heterocycles. The van der Waals surface area contributed by atoms with Crippen LogP contribution in [0.3, 0.4) is 0 Å². The lowest BCUT2D eigenvalue weighted by atomic mass is 10.2. The molecule has 0 saturated heterocycles. The quantitative estimate of drug-likeness (QED) is 0.874. The molecular weight excluding hydrogens is 316 g/mol. The van der Waals surface area contributed by atoms with Gasteiger partial charge in [0.25, 0.3) is 0 Å². The van der Waals surface area contributed by atoms with E-state index in [2.05, 4.69) is 36.5 Å². The van der Waals surface area contributed by atoms with Crippen molar-refractivity contribution in [1.29, 1.82) is 0 Å². The molecule has 1 saturated carbocycles. The lowest BCUT2D eigenvalue weighted by molar-refractivity contribution is 0.750. The minimum absolute atomic E-state index is 0.557. The fourth-order valence-electron chi connectivity index (χ4n) is 2.46. The molecule has 2 aromatic rings. The van der Waals surface area contributed by atoms with E-state index in [1.165, 1.54) is 25.7 Å². The van der Waals surface area contributed by atoms with Gasteiger partial charge in [0.05, 0.1) is 5.69 Å². The number of nitrogens with zero attached hydrogens (tertiary/aromatic N) is 2. The number of anilines is 3. The molecule has 0 bridgehead atoms. The highest BCUT2D eigenvalue weighted by molar-refractivity contribution is 9.10. The summed E-state index contributed by atoms with van der Waals surface area (Å²) in [6.45, 7) is 0. The van der Waals surface area contributed by atoms with E-state index >= 15 is 0 Å². The van der Waals surface area contributed by atoms with Crippen molar-refractivity contribution in [2.24, 2.45) is 0 Å². The molecule has 5 heteroatoms. The molecule has 3 rings (SSSR count). The van der Waals surface area contributed by atoms with Crippen LogP contribution < -0.4 is 10.6 Å². The Hall–Kier alpha value is -1.62. The highest BCUT2D eigenvalue weighted by atomic mass is 79.9. The number of aromatic nitrogens is 2. The Morgan fingerprint density at radius 3 is 2.70 bits per heavy atom. The molecule has 4 nitrogen and oxygen atoms in total. The maximum Gasteiger partial charge on any atom is 0.229 e. The van der Waals surface area contributed by atoms with E-state index in [0.29, 0.717) is 12.0 Å². The van der Waals surface area contributed by atoms with Gasteiger partial charge in [-0.3, -0.25) is 0 Å². The van der Waals surface area contributed by atoms with E-state index in [1.807, 2.05) is 30.3 Å². The van der Waals surface area contributed by atoms with Crippen molar-refractivity contribution < 1.29 is 0 Å². The number of para-hydroxylation sites is 1. The van der Waals surface area contributed by atoms with E-state index in [0.717, 1.165) is 16.0 Å². The van der Waals surface area contributed by atoms with E-state index in [-0.39, 0.29) is 0 Å². The Kier molecular flexibility index (Phi) is 4.16. The summed E-state index contributed by atoms with van der Waals surface area (Å²) in [6.07, 6.45) is 6.87. The summed E-state index contributed by atoms with van der Waals surface area (Å²) >= 11 is 3.51. The largest absolute Gasteiger partial charge is 0.367 e. The summed E-state index contributed by atoms with van der Waals surface area (Å²) in [5, 5.41) is 6.71. The molecule has 0 amide bonds. The van der Waals surface area contributed by atoms with Gasteiger partial charge in [-0.2, -0.15) is 4.98 Å². The smallest absolute Gasteiger partial charge is 0.229 e. The molecule has 1 aliphatic rings. The van der Waals surface area contributed by atoms with Gasteiger partial charge in [0.1, 0.15) is 5.82 Å². The molecule has 0 atom stereocenters. The average molecular weight is 333 g/mol.